The minimum atomic E-state index is -2.55. The Morgan fingerprint density at radius 1 is 1.30 bits per heavy atom. The van der Waals surface area contributed by atoms with E-state index in [9.17, 15) is 8.78 Å². The van der Waals surface area contributed by atoms with Crippen molar-refractivity contribution in [1.29, 1.82) is 5.41 Å². The lowest BCUT2D eigenvalue weighted by Gasteiger charge is -2.27. The molecule has 0 aromatic heterocycles. The Morgan fingerprint density at radius 2 is 2.00 bits per heavy atom. The molecule has 0 heterocycles. The van der Waals surface area contributed by atoms with Gasteiger partial charge in [-0.1, -0.05) is 12.1 Å². The van der Waals surface area contributed by atoms with Crippen molar-refractivity contribution in [3.05, 3.63) is 52.0 Å². The van der Waals surface area contributed by atoms with Crippen molar-refractivity contribution in [1.82, 2.24) is 4.31 Å². The normalized spacial score (nSPS) is 13.3. The van der Waals surface area contributed by atoms with Crippen LogP contribution in [-0.2, 0) is 6.54 Å². The maximum absolute atomic E-state index is 12.8. The van der Waals surface area contributed by atoms with Gasteiger partial charge in [0.2, 0.25) is 0 Å². The molecule has 2 aromatic carbocycles. The molecule has 0 amide bonds. The highest BCUT2D eigenvalue weighted by molar-refractivity contribution is 9.10. The second-order valence-corrected chi connectivity index (χ2v) is 9.01. The van der Waals surface area contributed by atoms with E-state index < -0.39 is 13.0 Å². The van der Waals surface area contributed by atoms with Gasteiger partial charge in [0.05, 0.1) is 31.5 Å². The SMILES string of the molecule is COc1ccc(CN(SC2CC2)C(=N)c2c(OCl)ccc(Br)c2NCC(F)F)cc1. The average Bonchev–Trinajstić information content (AvgIpc) is 3.56. The summed E-state index contributed by atoms with van der Waals surface area (Å²) in [6.07, 6.45) is -0.397. The van der Waals surface area contributed by atoms with Gasteiger partial charge in [0.15, 0.2) is 5.75 Å². The average molecular weight is 521 g/mol. The minimum Gasteiger partial charge on any atom is -0.497 e. The van der Waals surface area contributed by atoms with Crippen LogP contribution in [0, 0.1) is 5.41 Å². The molecular formula is C20H21BrClF2N3O2S. The van der Waals surface area contributed by atoms with Crippen LogP contribution < -0.4 is 14.3 Å². The largest absolute Gasteiger partial charge is 0.497 e. The van der Waals surface area contributed by atoms with Gasteiger partial charge in [-0.15, -0.1) is 0 Å². The lowest BCUT2D eigenvalue weighted by molar-refractivity contribution is 0.163. The molecule has 1 fully saturated rings. The van der Waals surface area contributed by atoms with Crippen LogP contribution in [0.4, 0.5) is 14.5 Å². The van der Waals surface area contributed by atoms with E-state index in [0.717, 1.165) is 24.2 Å². The number of nitrogens with one attached hydrogen (secondary N) is 2. The molecule has 0 atom stereocenters. The third-order valence-corrected chi connectivity index (χ3v) is 6.57. The number of halogens is 4. The van der Waals surface area contributed by atoms with Crippen LogP contribution in [0.15, 0.2) is 40.9 Å². The number of amidine groups is 1. The summed E-state index contributed by atoms with van der Waals surface area (Å²) in [5.74, 6) is 1.09. The molecule has 0 aliphatic heterocycles. The fourth-order valence-corrected chi connectivity index (χ4v) is 4.48. The fourth-order valence-electron chi connectivity index (χ4n) is 2.75. The van der Waals surface area contributed by atoms with Gasteiger partial charge in [0, 0.05) is 9.72 Å². The van der Waals surface area contributed by atoms with Crippen LogP contribution in [0.25, 0.3) is 0 Å². The molecule has 0 saturated heterocycles. The van der Waals surface area contributed by atoms with Crippen LogP contribution in [0.1, 0.15) is 24.0 Å². The van der Waals surface area contributed by atoms with Crippen molar-refractivity contribution in [2.75, 3.05) is 19.0 Å². The van der Waals surface area contributed by atoms with Gasteiger partial charge in [-0.25, -0.2) is 8.78 Å². The molecule has 1 aliphatic carbocycles. The van der Waals surface area contributed by atoms with Gasteiger partial charge in [-0.05, 0) is 70.5 Å². The molecule has 2 N–H and O–H groups in total. The number of hydrogen-bond acceptors (Lipinski definition) is 5. The van der Waals surface area contributed by atoms with Crippen molar-refractivity contribution >= 4 is 51.3 Å². The van der Waals surface area contributed by atoms with Gasteiger partial charge in [-0.3, -0.25) is 9.71 Å². The Hall–Kier alpha value is -1.71. The number of nitrogens with zero attached hydrogens (tertiary/aromatic N) is 1. The topological polar surface area (TPSA) is 57.6 Å². The summed E-state index contributed by atoms with van der Waals surface area (Å²) in [4.78, 5) is 0. The predicted molar refractivity (Wildman–Crippen MR) is 121 cm³/mol. The fraction of sp³-hybridized carbons (Fsp3) is 0.350. The molecule has 162 valence electrons. The molecule has 0 spiro atoms. The van der Waals surface area contributed by atoms with Gasteiger partial charge in [-0.2, -0.15) is 0 Å². The molecule has 0 bridgehead atoms. The van der Waals surface area contributed by atoms with E-state index in [4.69, 9.17) is 26.3 Å². The standard InChI is InChI=1S/C20H21BrClF2N3O2S/c1-28-13-4-2-12(3-5-13)11-27(30-14-6-7-14)20(25)18-16(29-22)9-8-15(21)19(18)26-10-17(23)24/h2-5,8-9,14,17,25-26H,6-7,10-11H2,1H3. The van der Waals surface area contributed by atoms with Crippen LogP contribution in [-0.4, -0.2) is 35.5 Å². The lowest BCUT2D eigenvalue weighted by atomic mass is 10.1. The monoisotopic (exact) mass is 519 g/mol. The van der Waals surface area contributed by atoms with E-state index in [2.05, 4.69) is 21.2 Å². The summed E-state index contributed by atoms with van der Waals surface area (Å²) in [5, 5.41) is 12.0. The first-order valence-electron chi connectivity index (χ1n) is 9.22. The Bertz CT molecular complexity index is 885. The Labute approximate surface area is 192 Å². The van der Waals surface area contributed by atoms with Crippen LogP contribution in [0.5, 0.6) is 11.5 Å². The van der Waals surface area contributed by atoms with E-state index >= 15 is 0 Å². The third-order valence-electron chi connectivity index (χ3n) is 4.40. The van der Waals surface area contributed by atoms with Crippen molar-refractivity contribution in [3.8, 4) is 11.5 Å². The number of hydrogen-bond donors (Lipinski definition) is 2. The van der Waals surface area contributed by atoms with Gasteiger partial charge < -0.3 is 14.3 Å². The van der Waals surface area contributed by atoms with E-state index in [1.807, 2.05) is 28.6 Å². The van der Waals surface area contributed by atoms with Crippen molar-refractivity contribution in [2.24, 2.45) is 0 Å². The third kappa shape index (κ3) is 5.92. The summed E-state index contributed by atoms with van der Waals surface area (Å²) in [5.41, 5.74) is 1.65. The number of anilines is 1. The summed E-state index contributed by atoms with van der Waals surface area (Å²) >= 11 is 10.6. The van der Waals surface area contributed by atoms with Gasteiger partial charge in [0.25, 0.3) is 6.43 Å². The van der Waals surface area contributed by atoms with Crippen molar-refractivity contribution in [2.45, 2.75) is 31.1 Å². The number of methoxy groups -OCH3 is 1. The Morgan fingerprint density at radius 3 is 2.57 bits per heavy atom. The molecule has 2 aromatic rings. The summed E-state index contributed by atoms with van der Waals surface area (Å²) in [6.45, 7) is -0.106. The van der Waals surface area contributed by atoms with E-state index in [1.54, 1.807) is 31.2 Å². The van der Waals surface area contributed by atoms with E-state index in [1.165, 1.54) is 0 Å². The van der Waals surface area contributed by atoms with Crippen molar-refractivity contribution in [3.63, 3.8) is 0 Å². The van der Waals surface area contributed by atoms with Crippen LogP contribution in [0.2, 0.25) is 0 Å². The number of ether oxygens (including phenoxy) is 1. The first-order chi connectivity index (χ1) is 14.4. The van der Waals surface area contributed by atoms with Crippen LogP contribution >= 0.6 is 39.7 Å². The maximum Gasteiger partial charge on any atom is 0.255 e. The predicted octanol–water partition coefficient (Wildman–Crippen LogP) is 6.31. The number of benzene rings is 2. The number of rotatable bonds is 10. The molecule has 0 unspecified atom stereocenters. The summed E-state index contributed by atoms with van der Waals surface area (Å²) in [7, 11) is 1.61. The lowest BCUT2D eigenvalue weighted by Crippen LogP contribution is -2.27. The quantitative estimate of drug-likeness (QED) is 0.219. The zero-order valence-corrected chi connectivity index (χ0v) is 19.3. The first kappa shape index (κ1) is 23.0. The Kier molecular flexibility index (Phi) is 8.07. The molecular weight excluding hydrogens is 500 g/mol. The number of alkyl halides is 2. The highest BCUT2D eigenvalue weighted by Crippen LogP contribution is 2.41. The molecule has 1 aliphatic rings. The Balaban J connectivity index is 1.93. The summed E-state index contributed by atoms with van der Waals surface area (Å²) in [6, 6.07) is 10.8. The van der Waals surface area contributed by atoms with E-state index in [-0.39, 0.29) is 11.6 Å². The molecule has 5 nitrogen and oxygen atoms in total. The molecule has 10 heteroatoms. The molecule has 0 radical (unpaired) electrons. The van der Waals surface area contributed by atoms with Crippen molar-refractivity contribution < 1.29 is 17.8 Å². The molecule has 1 saturated carbocycles. The molecule has 3 rings (SSSR count). The van der Waals surface area contributed by atoms with Gasteiger partial charge >= 0.3 is 0 Å². The zero-order chi connectivity index (χ0) is 21.7. The second-order valence-electron chi connectivity index (χ2n) is 6.68. The summed E-state index contributed by atoms with van der Waals surface area (Å²) < 4.78 is 38.2. The minimum absolute atomic E-state index is 0.122. The van der Waals surface area contributed by atoms with Crippen LogP contribution in [0.3, 0.4) is 0 Å². The highest BCUT2D eigenvalue weighted by atomic mass is 79.9. The smallest absolute Gasteiger partial charge is 0.255 e. The van der Waals surface area contributed by atoms with Gasteiger partial charge in [0.1, 0.15) is 23.5 Å². The maximum atomic E-state index is 12.8. The molecule has 30 heavy (non-hydrogen) atoms. The van der Waals surface area contributed by atoms with E-state index in [0.29, 0.717) is 27.5 Å². The highest BCUT2D eigenvalue weighted by Gasteiger charge is 2.30. The second kappa shape index (κ2) is 10.5. The zero-order valence-electron chi connectivity index (χ0n) is 16.1. The first-order valence-corrected chi connectivity index (χ1v) is 11.2.